The molecule has 1 heterocycles. The number of ether oxygens (including phenoxy) is 3. The Kier molecular flexibility index (Phi) is 6.57. The third kappa shape index (κ3) is 3.52. The summed E-state index contributed by atoms with van der Waals surface area (Å²) in [5.74, 6) is -3.53. The van der Waals surface area contributed by atoms with Gasteiger partial charge in [-0.3, -0.25) is 9.59 Å². The van der Waals surface area contributed by atoms with Crippen LogP contribution in [-0.4, -0.2) is 86.5 Å². The van der Waals surface area contributed by atoms with Gasteiger partial charge in [-0.2, -0.15) is 0 Å². The fraction of sp³-hybridized carbons (Fsp3) is 0.741. The Bertz CT molecular complexity index is 1090. The van der Waals surface area contributed by atoms with E-state index in [9.17, 15) is 34.8 Å². The van der Waals surface area contributed by atoms with Crippen LogP contribution in [0.1, 0.15) is 61.3 Å². The molecule has 1 saturated heterocycles. The molecule has 10 nitrogen and oxygen atoms in total. The van der Waals surface area contributed by atoms with Crippen LogP contribution in [0, 0.1) is 16.7 Å². The second-order valence-electron chi connectivity index (χ2n) is 11.8. The monoisotopic (exact) mass is 522 g/mol. The van der Waals surface area contributed by atoms with Crippen molar-refractivity contribution in [1.29, 1.82) is 0 Å². The molecule has 4 aliphatic rings. The van der Waals surface area contributed by atoms with Crippen LogP contribution in [0.15, 0.2) is 22.8 Å². The second-order valence-corrected chi connectivity index (χ2v) is 11.8. The Morgan fingerprint density at radius 3 is 2.27 bits per heavy atom. The summed E-state index contributed by atoms with van der Waals surface area (Å²) in [6, 6.07) is 0. The SMILES string of the molecule is CC=C(C)C(=O)OC1C2C3(OC(C)=O)COC3CC(O)C2(C)C(=O)C(O)C2=C(C)C(O)CC1(O)C2(C)C. The highest BCUT2D eigenvalue weighted by molar-refractivity contribution is 5.94. The number of rotatable bonds is 3. The van der Waals surface area contributed by atoms with Gasteiger partial charge in [0.25, 0.3) is 0 Å². The Balaban J connectivity index is 2.09. The summed E-state index contributed by atoms with van der Waals surface area (Å²) >= 11 is 0. The molecule has 0 aromatic heterocycles. The first-order chi connectivity index (χ1) is 17.0. The van der Waals surface area contributed by atoms with Crippen LogP contribution in [-0.2, 0) is 28.6 Å². The fourth-order valence-corrected chi connectivity index (χ4v) is 7.23. The van der Waals surface area contributed by atoms with Crippen LogP contribution in [0.4, 0.5) is 0 Å². The van der Waals surface area contributed by atoms with Crippen molar-refractivity contribution in [3.8, 4) is 0 Å². The van der Waals surface area contributed by atoms with E-state index in [1.165, 1.54) is 26.8 Å². The minimum atomic E-state index is -2.04. The minimum Gasteiger partial charge on any atom is -0.455 e. The van der Waals surface area contributed by atoms with E-state index in [1.807, 2.05) is 0 Å². The average molecular weight is 523 g/mol. The summed E-state index contributed by atoms with van der Waals surface area (Å²) in [5, 5.41) is 46.4. The van der Waals surface area contributed by atoms with E-state index in [1.54, 1.807) is 27.7 Å². The number of aliphatic hydroxyl groups excluding tert-OH is 3. The van der Waals surface area contributed by atoms with Crippen molar-refractivity contribution in [2.45, 2.75) is 103 Å². The molecule has 0 radical (unpaired) electrons. The standard InChI is InChI=1S/C27H38O10/c1-8-12(2)23(33)36-22-20-25(7,16(30)9-17-26(20,11-35-17)37-14(4)28)21(32)19(31)18-13(3)15(29)10-27(22,34)24(18,5)6/h8,15-17,19-20,22,29-31,34H,9-11H2,1-7H3. The maximum absolute atomic E-state index is 14.2. The number of carbonyl (C=O) groups is 3. The molecule has 0 spiro atoms. The lowest BCUT2D eigenvalue weighted by Crippen LogP contribution is -2.81. The summed E-state index contributed by atoms with van der Waals surface area (Å²) < 4.78 is 17.6. The first-order valence-electron chi connectivity index (χ1n) is 12.7. The predicted molar refractivity (Wildman–Crippen MR) is 129 cm³/mol. The Labute approximate surface area is 216 Å². The smallest absolute Gasteiger partial charge is 0.333 e. The molecule has 2 saturated carbocycles. The first-order valence-corrected chi connectivity index (χ1v) is 12.7. The van der Waals surface area contributed by atoms with E-state index in [0.29, 0.717) is 5.57 Å². The number of esters is 2. The Hall–Kier alpha value is -2.11. The van der Waals surface area contributed by atoms with Gasteiger partial charge in [0.15, 0.2) is 11.4 Å². The number of hydrogen-bond acceptors (Lipinski definition) is 10. The van der Waals surface area contributed by atoms with Crippen molar-refractivity contribution >= 4 is 17.7 Å². The molecule has 37 heavy (non-hydrogen) atoms. The molecule has 9 unspecified atom stereocenters. The zero-order valence-corrected chi connectivity index (χ0v) is 22.4. The van der Waals surface area contributed by atoms with Crippen molar-refractivity contribution in [2.24, 2.45) is 16.7 Å². The van der Waals surface area contributed by atoms with Crippen LogP contribution in [0.25, 0.3) is 0 Å². The number of Topliss-reactive ketones (excluding diaryl/α,β-unsaturated/α-hetero) is 1. The maximum Gasteiger partial charge on any atom is 0.333 e. The molecule has 10 heteroatoms. The predicted octanol–water partition coefficient (Wildman–Crippen LogP) is 0.734. The van der Waals surface area contributed by atoms with Gasteiger partial charge in [0.1, 0.15) is 23.9 Å². The third-order valence-corrected chi connectivity index (χ3v) is 9.69. The zero-order chi connectivity index (χ0) is 27.9. The third-order valence-electron chi connectivity index (χ3n) is 9.69. The molecule has 0 aromatic carbocycles. The average Bonchev–Trinajstić information content (AvgIpc) is 2.80. The molecule has 1 aliphatic heterocycles. The van der Waals surface area contributed by atoms with E-state index >= 15 is 0 Å². The fourth-order valence-electron chi connectivity index (χ4n) is 7.23. The van der Waals surface area contributed by atoms with E-state index in [4.69, 9.17) is 14.2 Å². The molecular formula is C27H38O10. The highest BCUT2D eigenvalue weighted by Crippen LogP contribution is 2.63. The second kappa shape index (κ2) is 8.71. The number of carbonyl (C=O) groups excluding carboxylic acids is 3. The van der Waals surface area contributed by atoms with Gasteiger partial charge in [-0.25, -0.2) is 4.79 Å². The Morgan fingerprint density at radius 2 is 1.76 bits per heavy atom. The van der Waals surface area contributed by atoms with Gasteiger partial charge in [-0.1, -0.05) is 19.9 Å². The normalized spacial score (nSPS) is 45.1. The largest absolute Gasteiger partial charge is 0.455 e. The van der Waals surface area contributed by atoms with E-state index in [2.05, 4.69) is 0 Å². The first kappa shape index (κ1) is 27.9. The van der Waals surface area contributed by atoms with Crippen LogP contribution >= 0.6 is 0 Å². The number of aliphatic hydroxyl groups is 4. The van der Waals surface area contributed by atoms with Gasteiger partial charge < -0.3 is 34.6 Å². The topological polar surface area (TPSA) is 160 Å². The number of allylic oxidation sites excluding steroid dienone is 1. The lowest BCUT2D eigenvalue weighted by Gasteiger charge is -2.67. The summed E-state index contributed by atoms with van der Waals surface area (Å²) in [6.45, 7) is 10.5. The van der Waals surface area contributed by atoms with Crippen molar-refractivity contribution < 1.29 is 49.0 Å². The van der Waals surface area contributed by atoms with Gasteiger partial charge >= 0.3 is 11.9 Å². The quantitative estimate of drug-likeness (QED) is 0.236. The van der Waals surface area contributed by atoms with Gasteiger partial charge in [0.05, 0.1) is 30.1 Å². The van der Waals surface area contributed by atoms with E-state index < -0.39 is 76.2 Å². The molecule has 4 N–H and O–H groups in total. The molecule has 3 aliphatic carbocycles. The highest BCUT2D eigenvalue weighted by Gasteiger charge is 2.77. The molecule has 0 amide bonds. The molecule has 206 valence electrons. The number of fused-ring (bicyclic) bond motifs is 5. The van der Waals surface area contributed by atoms with Crippen LogP contribution in [0.2, 0.25) is 0 Å². The summed E-state index contributed by atoms with van der Waals surface area (Å²) in [5.41, 5.74) is -6.08. The molecule has 2 bridgehead atoms. The highest BCUT2D eigenvalue weighted by atomic mass is 16.6. The summed E-state index contributed by atoms with van der Waals surface area (Å²) in [4.78, 5) is 39.8. The van der Waals surface area contributed by atoms with Gasteiger partial charge in [-0.05, 0) is 38.8 Å². The lowest BCUT2D eigenvalue weighted by atomic mass is 9.44. The van der Waals surface area contributed by atoms with Crippen molar-refractivity contribution in [3.05, 3.63) is 22.8 Å². The van der Waals surface area contributed by atoms with Crippen molar-refractivity contribution in [1.82, 2.24) is 0 Å². The summed E-state index contributed by atoms with van der Waals surface area (Å²) in [6.07, 6.45) is -5.61. The van der Waals surface area contributed by atoms with Gasteiger partial charge in [0, 0.05) is 30.8 Å². The molecule has 9 atom stereocenters. The van der Waals surface area contributed by atoms with E-state index in [-0.39, 0.29) is 30.6 Å². The lowest BCUT2D eigenvalue weighted by molar-refractivity contribution is -0.347. The number of ketones is 1. The van der Waals surface area contributed by atoms with Crippen LogP contribution in [0.5, 0.6) is 0 Å². The molecular weight excluding hydrogens is 484 g/mol. The van der Waals surface area contributed by atoms with Crippen molar-refractivity contribution in [2.75, 3.05) is 6.61 Å². The molecule has 4 rings (SSSR count). The maximum atomic E-state index is 14.2. The minimum absolute atomic E-state index is 0.0736. The zero-order valence-electron chi connectivity index (χ0n) is 22.4. The molecule has 0 aromatic rings. The number of hydrogen-bond donors (Lipinski definition) is 4. The summed E-state index contributed by atoms with van der Waals surface area (Å²) in [7, 11) is 0. The van der Waals surface area contributed by atoms with Gasteiger partial charge in [-0.15, -0.1) is 0 Å². The van der Waals surface area contributed by atoms with Crippen molar-refractivity contribution in [3.63, 3.8) is 0 Å². The van der Waals surface area contributed by atoms with E-state index in [0.717, 1.165) is 0 Å². The Morgan fingerprint density at radius 1 is 1.14 bits per heavy atom. The van der Waals surface area contributed by atoms with Gasteiger partial charge in [0.2, 0.25) is 0 Å². The van der Waals surface area contributed by atoms with Crippen LogP contribution in [0.3, 0.4) is 0 Å². The molecule has 3 fully saturated rings. The van der Waals surface area contributed by atoms with Crippen LogP contribution < -0.4 is 0 Å².